The van der Waals surface area contributed by atoms with Crippen molar-refractivity contribution in [1.29, 1.82) is 0 Å². The molecule has 1 N–H and O–H groups in total. The number of nitrogens with zero attached hydrogens (tertiary/aromatic N) is 3. The van der Waals surface area contributed by atoms with Crippen LogP contribution in [0.3, 0.4) is 0 Å². The molecule has 1 aliphatic rings. The van der Waals surface area contributed by atoms with Crippen molar-refractivity contribution in [3.05, 3.63) is 24.3 Å². The first-order valence-corrected chi connectivity index (χ1v) is 10.8. The van der Waals surface area contributed by atoms with Crippen molar-refractivity contribution in [2.45, 2.75) is 61.7 Å². The second-order valence-corrected chi connectivity index (χ2v) is 8.60. The molecular formula is C20H25F3N4O2S. The molecule has 1 heterocycles. The van der Waals surface area contributed by atoms with Crippen LogP contribution in [0.15, 0.2) is 29.4 Å². The van der Waals surface area contributed by atoms with Gasteiger partial charge in [-0.2, -0.15) is 13.2 Å². The lowest BCUT2D eigenvalue weighted by Crippen LogP contribution is -2.38. The molecule has 1 aromatic carbocycles. The van der Waals surface area contributed by atoms with Gasteiger partial charge in [0.1, 0.15) is 12.3 Å². The summed E-state index contributed by atoms with van der Waals surface area (Å²) >= 11 is 1.13. The second-order valence-electron chi connectivity index (χ2n) is 7.29. The monoisotopic (exact) mass is 442 g/mol. The number of hydrogen-bond acceptors (Lipinski definition) is 5. The van der Waals surface area contributed by atoms with E-state index < -0.39 is 23.9 Å². The zero-order chi connectivity index (χ0) is 21.7. The summed E-state index contributed by atoms with van der Waals surface area (Å²) in [5.41, 5.74) is 0.870. The minimum Gasteiger partial charge on any atom is -0.497 e. The Labute approximate surface area is 177 Å². The summed E-state index contributed by atoms with van der Waals surface area (Å²) in [4.78, 5) is 12.1. The van der Waals surface area contributed by atoms with Gasteiger partial charge in [-0.3, -0.25) is 9.36 Å². The van der Waals surface area contributed by atoms with Gasteiger partial charge in [-0.05, 0) is 44.0 Å². The van der Waals surface area contributed by atoms with E-state index >= 15 is 0 Å². The third kappa shape index (κ3) is 5.68. The zero-order valence-electron chi connectivity index (χ0n) is 16.9. The van der Waals surface area contributed by atoms with Crippen molar-refractivity contribution >= 4 is 17.7 Å². The minimum absolute atomic E-state index is 0.193. The number of alkyl halides is 3. The third-order valence-electron chi connectivity index (χ3n) is 5.07. The lowest BCUT2D eigenvalue weighted by molar-refractivity contribution is -0.137. The van der Waals surface area contributed by atoms with E-state index in [-0.39, 0.29) is 6.04 Å². The fraction of sp³-hybridized carbons (Fsp3) is 0.550. The number of benzene rings is 1. The summed E-state index contributed by atoms with van der Waals surface area (Å²) in [6.07, 6.45) is 0.874. The number of methoxy groups -OCH3 is 1. The van der Waals surface area contributed by atoms with E-state index in [0.29, 0.717) is 11.0 Å². The average Bonchev–Trinajstić information content (AvgIpc) is 3.15. The molecule has 1 unspecified atom stereocenters. The summed E-state index contributed by atoms with van der Waals surface area (Å²) < 4.78 is 44.5. The molecule has 30 heavy (non-hydrogen) atoms. The van der Waals surface area contributed by atoms with Crippen LogP contribution in [0, 0.1) is 0 Å². The number of halogens is 3. The summed E-state index contributed by atoms with van der Waals surface area (Å²) in [6.45, 7) is 0.229. The van der Waals surface area contributed by atoms with Crippen molar-refractivity contribution in [2.24, 2.45) is 0 Å². The van der Waals surface area contributed by atoms with E-state index in [1.54, 1.807) is 14.0 Å². The smallest absolute Gasteiger partial charge is 0.405 e. The number of nitrogens with one attached hydrogen (secondary N) is 1. The SMILES string of the molecule is COc1ccc(-c2nnc(SC(C)C(=O)NCC(F)(F)F)n2C2CCCCC2)cc1. The molecule has 0 radical (unpaired) electrons. The Hall–Kier alpha value is -2.23. The molecule has 10 heteroatoms. The summed E-state index contributed by atoms with van der Waals surface area (Å²) in [5, 5.41) is 10.4. The first-order chi connectivity index (χ1) is 14.3. The van der Waals surface area contributed by atoms with Gasteiger partial charge < -0.3 is 10.1 Å². The molecule has 1 amide bonds. The number of amides is 1. The molecule has 0 saturated heterocycles. The molecule has 2 aromatic rings. The van der Waals surface area contributed by atoms with E-state index in [2.05, 4.69) is 10.2 Å². The van der Waals surface area contributed by atoms with Crippen LogP contribution in [-0.4, -0.2) is 45.8 Å². The lowest BCUT2D eigenvalue weighted by atomic mass is 9.95. The van der Waals surface area contributed by atoms with Gasteiger partial charge in [0.15, 0.2) is 11.0 Å². The highest BCUT2D eigenvalue weighted by atomic mass is 32.2. The number of aromatic nitrogens is 3. The normalized spacial score (nSPS) is 16.3. The molecule has 6 nitrogen and oxygen atoms in total. The summed E-state index contributed by atoms with van der Waals surface area (Å²) in [5.74, 6) is 0.739. The topological polar surface area (TPSA) is 69.0 Å². The van der Waals surface area contributed by atoms with Crippen molar-refractivity contribution in [3.8, 4) is 17.1 Å². The zero-order valence-corrected chi connectivity index (χ0v) is 17.7. The lowest BCUT2D eigenvalue weighted by Gasteiger charge is -2.26. The van der Waals surface area contributed by atoms with Crippen LogP contribution >= 0.6 is 11.8 Å². The van der Waals surface area contributed by atoms with Gasteiger partial charge in [0, 0.05) is 11.6 Å². The molecule has 0 aliphatic heterocycles. The molecule has 0 bridgehead atoms. The summed E-state index contributed by atoms with van der Waals surface area (Å²) in [6, 6.07) is 7.68. The van der Waals surface area contributed by atoms with E-state index in [4.69, 9.17) is 4.74 Å². The number of ether oxygens (including phenoxy) is 1. The predicted molar refractivity (Wildman–Crippen MR) is 109 cm³/mol. The second kappa shape index (κ2) is 9.72. The quantitative estimate of drug-likeness (QED) is 0.634. The van der Waals surface area contributed by atoms with Crippen molar-refractivity contribution in [3.63, 3.8) is 0 Å². The van der Waals surface area contributed by atoms with Gasteiger partial charge in [-0.1, -0.05) is 31.0 Å². The molecule has 0 spiro atoms. The highest BCUT2D eigenvalue weighted by Gasteiger charge is 2.30. The number of thioether (sulfide) groups is 1. The Bertz CT molecular complexity index is 849. The molecular weight excluding hydrogens is 417 g/mol. The van der Waals surface area contributed by atoms with Crippen LogP contribution in [-0.2, 0) is 4.79 Å². The van der Waals surface area contributed by atoms with Gasteiger partial charge in [0.2, 0.25) is 5.91 Å². The maximum Gasteiger partial charge on any atom is 0.405 e. The third-order valence-corrected chi connectivity index (χ3v) is 6.12. The Balaban J connectivity index is 1.84. The average molecular weight is 443 g/mol. The van der Waals surface area contributed by atoms with Gasteiger partial charge in [0.05, 0.1) is 12.4 Å². The highest BCUT2D eigenvalue weighted by Crippen LogP contribution is 2.37. The molecule has 1 fully saturated rings. The van der Waals surface area contributed by atoms with E-state index in [1.165, 1.54) is 6.42 Å². The number of rotatable bonds is 7. The molecule has 1 aliphatic carbocycles. The van der Waals surface area contributed by atoms with Crippen LogP contribution < -0.4 is 10.1 Å². The van der Waals surface area contributed by atoms with Gasteiger partial charge in [-0.25, -0.2) is 0 Å². The van der Waals surface area contributed by atoms with E-state index in [1.807, 2.05) is 34.1 Å². The molecule has 164 valence electrons. The Kier molecular flexibility index (Phi) is 7.27. The van der Waals surface area contributed by atoms with Crippen LogP contribution in [0.25, 0.3) is 11.4 Å². The Morgan fingerprint density at radius 1 is 1.23 bits per heavy atom. The van der Waals surface area contributed by atoms with Crippen LogP contribution in [0.1, 0.15) is 45.1 Å². The molecule has 1 atom stereocenters. The summed E-state index contributed by atoms with van der Waals surface area (Å²) in [7, 11) is 1.60. The van der Waals surface area contributed by atoms with Crippen molar-refractivity contribution < 1.29 is 22.7 Å². The van der Waals surface area contributed by atoms with Crippen molar-refractivity contribution in [1.82, 2.24) is 20.1 Å². The molecule has 3 rings (SSSR count). The predicted octanol–water partition coefficient (Wildman–Crippen LogP) is 4.62. The number of carbonyl (C=O) groups excluding carboxylic acids is 1. The maximum atomic E-state index is 12.4. The fourth-order valence-electron chi connectivity index (χ4n) is 3.51. The van der Waals surface area contributed by atoms with Crippen LogP contribution in [0.2, 0.25) is 0 Å². The minimum atomic E-state index is -4.44. The van der Waals surface area contributed by atoms with E-state index in [9.17, 15) is 18.0 Å². The highest BCUT2D eigenvalue weighted by molar-refractivity contribution is 8.00. The van der Waals surface area contributed by atoms with Crippen molar-refractivity contribution in [2.75, 3.05) is 13.7 Å². The standard InChI is InChI=1S/C20H25F3N4O2S/c1-13(18(28)24-12-20(21,22)23)30-19-26-25-17(14-8-10-16(29-2)11-9-14)27(19)15-6-4-3-5-7-15/h8-11,13,15H,3-7,12H2,1-2H3,(H,24,28). The van der Waals surface area contributed by atoms with Gasteiger partial charge in [-0.15, -0.1) is 10.2 Å². The molecule has 1 aromatic heterocycles. The van der Waals surface area contributed by atoms with E-state index in [0.717, 1.165) is 48.8 Å². The largest absolute Gasteiger partial charge is 0.497 e. The first kappa shape index (κ1) is 22.5. The number of hydrogen-bond donors (Lipinski definition) is 1. The fourth-order valence-corrected chi connectivity index (χ4v) is 4.45. The molecule has 1 saturated carbocycles. The maximum absolute atomic E-state index is 12.4. The first-order valence-electron chi connectivity index (χ1n) is 9.89. The van der Waals surface area contributed by atoms with Gasteiger partial charge in [0.25, 0.3) is 0 Å². The Morgan fingerprint density at radius 3 is 2.50 bits per heavy atom. The van der Waals surface area contributed by atoms with Crippen LogP contribution in [0.5, 0.6) is 5.75 Å². The van der Waals surface area contributed by atoms with Crippen LogP contribution in [0.4, 0.5) is 13.2 Å². The van der Waals surface area contributed by atoms with Gasteiger partial charge >= 0.3 is 6.18 Å². The number of carbonyl (C=O) groups is 1. The Morgan fingerprint density at radius 2 is 1.90 bits per heavy atom.